The summed E-state index contributed by atoms with van der Waals surface area (Å²) in [5.41, 5.74) is 1.33. The van der Waals surface area contributed by atoms with E-state index in [1.54, 1.807) is 0 Å². The Balaban J connectivity index is 3.43. The van der Waals surface area contributed by atoms with Crippen LogP contribution in [0.4, 0.5) is 0 Å². The van der Waals surface area contributed by atoms with Gasteiger partial charge in [-0.3, -0.25) is 0 Å². The highest BCUT2D eigenvalue weighted by atomic mass is 28.2. The minimum atomic E-state index is 1.10. The fourth-order valence-corrected chi connectivity index (χ4v) is 1.12. The molecule has 0 aliphatic heterocycles. The molecule has 0 bridgehead atoms. The van der Waals surface area contributed by atoms with E-state index in [0.717, 1.165) is 6.54 Å². The van der Waals surface area contributed by atoms with E-state index < -0.39 is 0 Å². The molecule has 0 rings (SSSR count). The lowest BCUT2D eigenvalue weighted by atomic mass is 10.3. The number of unbranched alkanes of at least 4 members (excludes halogenated alkanes) is 1. The summed E-state index contributed by atoms with van der Waals surface area (Å²) in [5.74, 6) is 0. The smallest absolute Gasteiger partial charge is 0.188 e. The molecule has 0 unspecified atom stereocenters. The molecule has 10 heavy (non-hydrogen) atoms. The quantitative estimate of drug-likeness (QED) is 0.560. The van der Waals surface area contributed by atoms with Crippen molar-refractivity contribution in [2.75, 3.05) is 6.54 Å². The van der Waals surface area contributed by atoms with Gasteiger partial charge in [-0.15, -0.1) is 0 Å². The summed E-state index contributed by atoms with van der Waals surface area (Å²) < 4.78 is 2.05. The predicted molar refractivity (Wildman–Crippen MR) is 46.8 cm³/mol. The summed E-state index contributed by atoms with van der Waals surface area (Å²) >= 11 is 0. The lowest BCUT2D eigenvalue weighted by Gasteiger charge is -2.13. The number of nitrogens with zero attached hydrogens (tertiary/aromatic N) is 1. The first-order valence-corrected chi connectivity index (χ1v) is 4.24. The minimum absolute atomic E-state index is 1.10. The van der Waals surface area contributed by atoms with Gasteiger partial charge in [-0.25, -0.2) is 0 Å². The SMILES string of the molecule is CCCCN([Si])C=C(C)C. The molecular formula is C8H16NSi. The second-order valence-corrected chi connectivity index (χ2v) is 3.33. The van der Waals surface area contributed by atoms with Crippen LogP contribution in [0, 0.1) is 0 Å². The van der Waals surface area contributed by atoms with Crippen molar-refractivity contribution < 1.29 is 0 Å². The van der Waals surface area contributed by atoms with Crippen LogP contribution in [0.1, 0.15) is 33.6 Å². The van der Waals surface area contributed by atoms with Crippen LogP contribution in [0.15, 0.2) is 11.8 Å². The van der Waals surface area contributed by atoms with E-state index in [2.05, 4.69) is 41.9 Å². The normalized spacial score (nSPS) is 9.20. The zero-order valence-electron chi connectivity index (χ0n) is 7.15. The predicted octanol–water partition coefficient (Wildman–Crippen LogP) is 2.10. The van der Waals surface area contributed by atoms with E-state index in [9.17, 15) is 0 Å². The van der Waals surface area contributed by atoms with Crippen molar-refractivity contribution >= 4 is 10.4 Å². The van der Waals surface area contributed by atoms with E-state index in [1.807, 2.05) is 0 Å². The van der Waals surface area contributed by atoms with Crippen molar-refractivity contribution in [1.29, 1.82) is 0 Å². The number of rotatable bonds is 4. The average molecular weight is 154 g/mol. The summed E-state index contributed by atoms with van der Waals surface area (Å²) in [6, 6.07) is 0. The van der Waals surface area contributed by atoms with Crippen molar-refractivity contribution in [1.82, 2.24) is 4.57 Å². The molecule has 0 aromatic heterocycles. The summed E-state index contributed by atoms with van der Waals surface area (Å²) in [7, 11) is 3.48. The van der Waals surface area contributed by atoms with Crippen LogP contribution in [0.25, 0.3) is 0 Å². The maximum Gasteiger partial charge on any atom is 0.188 e. The maximum absolute atomic E-state index is 3.48. The van der Waals surface area contributed by atoms with Gasteiger partial charge in [0.1, 0.15) is 0 Å². The minimum Gasteiger partial charge on any atom is -0.405 e. The maximum atomic E-state index is 3.48. The highest BCUT2D eigenvalue weighted by molar-refractivity contribution is 6.05. The third kappa shape index (κ3) is 5.89. The molecule has 0 aromatic carbocycles. The monoisotopic (exact) mass is 154 g/mol. The van der Waals surface area contributed by atoms with Gasteiger partial charge >= 0.3 is 0 Å². The van der Waals surface area contributed by atoms with Crippen LogP contribution >= 0.6 is 0 Å². The van der Waals surface area contributed by atoms with Gasteiger partial charge < -0.3 is 4.57 Å². The van der Waals surface area contributed by atoms with Crippen molar-refractivity contribution in [3.63, 3.8) is 0 Å². The third-order valence-electron chi connectivity index (χ3n) is 1.17. The Kier molecular flexibility index (Phi) is 5.40. The van der Waals surface area contributed by atoms with Gasteiger partial charge in [0.25, 0.3) is 0 Å². The van der Waals surface area contributed by atoms with Gasteiger partial charge in [-0.05, 0) is 26.5 Å². The Bertz CT molecular complexity index is 106. The molecule has 57 valence electrons. The van der Waals surface area contributed by atoms with Crippen molar-refractivity contribution in [2.45, 2.75) is 33.6 Å². The summed E-state index contributed by atoms with van der Waals surface area (Å²) in [4.78, 5) is 0. The molecular weight excluding hydrogens is 138 g/mol. The Hall–Kier alpha value is -0.243. The topological polar surface area (TPSA) is 3.24 Å². The molecule has 0 amide bonds. The summed E-state index contributed by atoms with van der Waals surface area (Å²) in [6.45, 7) is 7.49. The van der Waals surface area contributed by atoms with Gasteiger partial charge in [-0.1, -0.05) is 18.9 Å². The molecule has 0 heterocycles. The molecule has 0 fully saturated rings. The fraction of sp³-hybridized carbons (Fsp3) is 0.750. The van der Waals surface area contributed by atoms with Crippen LogP contribution in [0.2, 0.25) is 0 Å². The first-order valence-electron chi connectivity index (χ1n) is 3.79. The largest absolute Gasteiger partial charge is 0.405 e. The molecule has 1 nitrogen and oxygen atoms in total. The average Bonchev–Trinajstić information content (AvgIpc) is 1.82. The van der Waals surface area contributed by atoms with Crippen LogP contribution in [-0.4, -0.2) is 21.5 Å². The van der Waals surface area contributed by atoms with Crippen molar-refractivity contribution in [3.05, 3.63) is 11.8 Å². The zero-order chi connectivity index (χ0) is 7.98. The van der Waals surface area contributed by atoms with Gasteiger partial charge in [-0.2, -0.15) is 0 Å². The Morgan fingerprint density at radius 3 is 2.50 bits per heavy atom. The van der Waals surface area contributed by atoms with Crippen molar-refractivity contribution in [2.24, 2.45) is 0 Å². The molecule has 0 aliphatic rings. The van der Waals surface area contributed by atoms with Crippen molar-refractivity contribution in [3.8, 4) is 0 Å². The molecule has 0 atom stereocenters. The van der Waals surface area contributed by atoms with E-state index >= 15 is 0 Å². The van der Waals surface area contributed by atoms with Crippen LogP contribution in [0.5, 0.6) is 0 Å². The van der Waals surface area contributed by atoms with Gasteiger partial charge in [0, 0.05) is 6.54 Å². The van der Waals surface area contributed by atoms with E-state index in [1.165, 1.54) is 18.4 Å². The van der Waals surface area contributed by atoms with E-state index in [-0.39, 0.29) is 0 Å². The first kappa shape index (κ1) is 9.76. The summed E-state index contributed by atoms with van der Waals surface area (Å²) in [6.07, 6.45) is 4.59. The number of hydrogen-bond donors (Lipinski definition) is 0. The Morgan fingerprint density at radius 2 is 2.10 bits per heavy atom. The van der Waals surface area contributed by atoms with E-state index in [0.29, 0.717) is 0 Å². The molecule has 0 saturated carbocycles. The highest BCUT2D eigenvalue weighted by Gasteiger charge is 1.89. The number of allylic oxidation sites excluding steroid dienone is 1. The summed E-state index contributed by atoms with van der Waals surface area (Å²) in [5, 5.41) is 0. The molecule has 0 N–H and O–H groups in total. The van der Waals surface area contributed by atoms with Gasteiger partial charge in [0.15, 0.2) is 10.4 Å². The number of hydrogen-bond acceptors (Lipinski definition) is 1. The molecule has 0 aliphatic carbocycles. The second-order valence-electron chi connectivity index (χ2n) is 2.75. The van der Waals surface area contributed by atoms with Gasteiger partial charge in [0.2, 0.25) is 0 Å². The third-order valence-corrected chi connectivity index (χ3v) is 1.52. The molecule has 0 saturated heterocycles. The first-order chi connectivity index (χ1) is 4.66. The molecule has 0 aromatic rings. The van der Waals surface area contributed by atoms with Crippen LogP contribution < -0.4 is 0 Å². The lowest BCUT2D eigenvalue weighted by Crippen LogP contribution is -2.14. The van der Waals surface area contributed by atoms with Gasteiger partial charge in [0.05, 0.1) is 0 Å². The molecule has 2 heteroatoms. The lowest BCUT2D eigenvalue weighted by molar-refractivity contribution is 0.559. The zero-order valence-corrected chi connectivity index (χ0v) is 8.15. The second kappa shape index (κ2) is 5.53. The standard InChI is InChI=1S/C8H16NSi/c1-4-5-6-9(10)7-8(2)3/h7H,4-6H2,1-3H3. The highest BCUT2D eigenvalue weighted by Crippen LogP contribution is 1.95. The van der Waals surface area contributed by atoms with Crippen LogP contribution in [0.3, 0.4) is 0 Å². The van der Waals surface area contributed by atoms with E-state index in [4.69, 9.17) is 0 Å². The Morgan fingerprint density at radius 1 is 1.50 bits per heavy atom. The molecule has 3 radical (unpaired) electrons. The molecule has 0 spiro atoms. The Labute approximate surface area is 67.6 Å². The van der Waals surface area contributed by atoms with Crippen LogP contribution in [-0.2, 0) is 0 Å². The fourth-order valence-electron chi connectivity index (χ4n) is 0.705.